The molecule has 0 fully saturated rings. The number of carbonyl (C=O) groups is 1. The van der Waals surface area contributed by atoms with E-state index in [2.05, 4.69) is 5.16 Å². The summed E-state index contributed by atoms with van der Waals surface area (Å²) < 4.78 is 23.2. The van der Waals surface area contributed by atoms with Crippen molar-refractivity contribution in [3.05, 3.63) is 77.7 Å². The molecule has 1 heterocycles. The van der Waals surface area contributed by atoms with Gasteiger partial charge in [0.1, 0.15) is 18.1 Å². The number of ether oxygens (including phenoxy) is 1. The molecule has 0 amide bonds. The van der Waals surface area contributed by atoms with E-state index < -0.39 is 0 Å². The van der Waals surface area contributed by atoms with Crippen LogP contribution in [0.25, 0.3) is 11.3 Å². The van der Waals surface area contributed by atoms with E-state index in [4.69, 9.17) is 9.26 Å². The lowest BCUT2D eigenvalue weighted by Crippen LogP contribution is -2.07. The average Bonchev–Trinajstić information content (AvgIpc) is 3.04. The second kappa shape index (κ2) is 6.87. The van der Waals surface area contributed by atoms with Gasteiger partial charge in [0.25, 0.3) is 0 Å². The quantitative estimate of drug-likeness (QED) is 0.673. The van der Waals surface area contributed by atoms with Crippen molar-refractivity contribution in [3.8, 4) is 11.3 Å². The van der Waals surface area contributed by atoms with Crippen molar-refractivity contribution >= 4 is 5.97 Å². The van der Waals surface area contributed by atoms with E-state index in [0.29, 0.717) is 17.0 Å². The molecule has 3 aromatic rings. The minimum absolute atomic E-state index is 0.0381. The summed E-state index contributed by atoms with van der Waals surface area (Å²) in [5, 5.41) is 3.85. The van der Waals surface area contributed by atoms with E-state index in [-0.39, 0.29) is 24.8 Å². The van der Waals surface area contributed by atoms with Crippen LogP contribution in [0.15, 0.2) is 65.2 Å². The molecule has 0 saturated heterocycles. The molecule has 2 aromatic carbocycles. The first-order valence-corrected chi connectivity index (χ1v) is 7.12. The SMILES string of the molecule is O=C(Cc1ccccc1)OCc1cc(-c2ccc(F)cc2)on1. The summed E-state index contributed by atoms with van der Waals surface area (Å²) in [6.07, 6.45) is 0.212. The third-order valence-electron chi connectivity index (χ3n) is 3.26. The zero-order chi connectivity index (χ0) is 16.1. The highest BCUT2D eigenvalue weighted by atomic mass is 19.1. The molecule has 0 unspecified atom stereocenters. The van der Waals surface area contributed by atoms with Gasteiger partial charge in [0.2, 0.25) is 0 Å². The van der Waals surface area contributed by atoms with Crippen molar-refractivity contribution in [2.45, 2.75) is 13.0 Å². The molecular weight excluding hydrogens is 297 g/mol. The van der Waals surface area contributed by atoms with Crippen LogP contribution in [0.5, 0.6) is 0 Å². The Balaban J connectivity index is 1.57. The van der Waals surface area contributed by atoms with Crippen molar-refractivity contribution in [1.82, 2.24) is 5.16 Å². The number of hydrogen-bond donors (Lipinski definition) is 0. The number of rotatable bonds is 5. The van der Waals surface area contributed by atoms with Crippen LogP contribution in [0.1, 0.15) is 11.3 Å². The summed E-state index contributed by atoms with van der Waals surface area (Å²) in [5.41, 5.74) is 2.11. The summed E-state index contributed by atoms with van der Waals surface area (Å²) >= 11 is 0. The number of benzene rings is 2. The predicted octanol–water partition coefficient (Wildman–Crippen LogP) is 3.77. The van der Waals surface area contributed by atoms with Crippen molar-refractivity contribution in [2.24, 2.45) is 0 Å². The molecule has 4 nitrogen and oxygen atoms in total. The summed E-state index contributed by atoms with van der Waals surface area (Å²) in [7, 11) is 0. The monoisotopic (exact) mass is 311 g/mol. The number of nitrogens with zero attached hydrogens (tertiary/aromatic N) is 1. The highest BCUT2D eigenvalue weighted by molar-refractivity contribution is 5.72. The minimum Gasteiger partial charge on any atom is -0.459 e. The summed E-state index contributed by atoms with van der Waals surface area (Å²) in [5.74, 6) is -0.148. The molecule has 0 aliphatic carbocycles. The molecule has 116 valence electrons. The number of aromatic nitrogens is 1. The first-order valence-electron chi connectivity index (χ1n) is 7.12. The van der Waals surface area contributed by atoms with Gasteiger partial charge in [-0.05, 0) is 29.8 Å². The lowest BCUT2D eigenvalue weighted by Gasteiger charge is -2.02. The molecule has 3 rings (SSSR count). The molecule has 0 bridgehead atoms. The largest absolute Gasteiger partial charge is 0.459 e. The molecule has 0 radical (unpaired) electrons. The Bertz CT molecular complexity index is 782. The van der Waals surface area contributed by atoms with E-state index in [1.165, 1.54) is 12.1 Å². The van der Waals surface area contributed by atoms with Crippen molar-refractivity contribution in [2.75, 3.05) is 0 Å². The summed E-state index contributed by atoms with van der Waals surface area (Å²) in [6.45, 7) is 0.0381. The van der Waals surface area contributed by atoms with E-state index in [0.717, 1.165) is 5.56 Å². The second-order valence-electron chi connectivity index (χ2n) is 5.01. The van der Waals surface area contributed by atoms with Gasteiger partial charge in [-0.1, -0.05) is 35.5 Å². The van der Waals surface area contributed by atoms with E-state index >= 15 is 0 Å². The first kappa shape index (κ1) is 15.0. The van der Waals surface area contributed by atoms with Gasteiger partial charge in [0.15, 0.2) is 5.76 Å². The highest BCUT2D eigenvalue weighted by Crippen LogP contribution is 2.20. The summed E-state index contributed by atoms with van der Waals surface area (Å²) in [4.78, 5) is 11.8. The average molecular weight is 311 g/mol. The standard InChI is InChI=1S/C18H14FNO3/c19-15-8-6-14(7-9-15)17-11-16(20-23-17)12-22-18(21)10-13-4-2-1-3-5-13/h1-9,11H,10,12H2. The maximum Gasteiger partial charge on any atom is 0.310 e. The zero-order valence-electron chi connectivity index (χ0n) is 12.2. The van der Waals surface area contributed by atoms with Gasteiger partial charge < -0.3 is 9.26 Å². The Kier molecular flexibility index (Phi) is 4.47. The molecular formula is C18H14FNO3. The van der Waals surface area contributed by atoms with Gasteiger partial charge >= 0.3 is 5.97 Å². The van der Waals surface area contributed by atoms with Gasteiger partial charge in [0, 0.05) is 11.6 Å². The molecule has 5 heteroatoms. The number of hydrogen-bond acceptors (Lipinski definition) is 4. The fourth-order valence-corrected chi connectivity index (χ4v) is 2.10. The van der Waals surface area contributed by atoms with Crippen LogP contribution in [0.3, 0.4) is 0 Å². The van der Waals surface area contributed by atoms with Crippen LogP contribution in [0.2, 0.25) is 0 Å². The van der Waals surface area contributed by atoms with Crippen molar-refractivity contribution in [1.29, 1.82) is 0 Å². The Labute approximate surface area is 132 Å². The molecule has 0 saturated carbocycles. The van der Waals surface area contributed by atoms with Crippen LogP contribution < -0.4 is 0 Å². The van der Waals surface area contributed by atoms with E-state index in [1.807, 2.05) is 30.3 Å². The van der Waals surface area contributed by atoms with Gasteiger partial charge in [-0.3, -0.25) is 4.79 Å². The third kappa shape index (κ3) is 4.03. The molecule has 0 N–H and O–H groups in total. The van der Waals surface area contributed by atoms with Gasteiger partial charge in [-0.15, -0.1) is 0 Å². The fourth-order valence-electron chi connectivity index (χ4n) is 2.10. The number of esters is 1. The minimum atomic E-state index is -0.331. The molecule has 0 atom stereocenters. The maximum absolute atomic E-state index is 12.9. The Morgan fingerprint density at radius 3 is 2.57 bits per heavy atom. The van der Waals surface area contributed by atoms with Crippen LogP contribution in [0, 0.1) is 5.82 Å². The predicted molar refractivity (Wildman–Crippen MR) is 81.8 cm³/mol. The zero-order valence-corrected chi connectivity index (χ0v) is 12.2. The number of halogens is 1. The summed E-state index contributed by atoms with van der Waals surface area (Å²) in [6, 6.07) is 16.9. The molecule has 0 aliphatic heterocycles. The van der Waals surface area contributed by atoms with Crippen LogP contribution in [-0.4, -0.2) is 11.1 Å². The van der Waals surface area contributed by atoms with Crippen LogP contribution in [-0.2, 0) is 22.6 Å². The normalized spacial score (nSPS) is 10.5. The molecule has 0 aliphatic rings. The highest BCUT2D eigenvalue weighted by Gasteiger charge is 2.10. The second-order valence-corrected chi connectivity index (χ2v) is 5.01. The molecule has 1 aromatic heterocycles. The van der Waals surface area contributed by atoms with E-state index in [1.54, 1.807) is 18.2 Å². The number of carbonyl (C=O) groups excluding carboxylic acids is 1. The smallest absolute Gasteiger partial charge is 0.310 e. The third-order valence-corrected chi connectivity index (χ3v) is 3.26. The molecule has 23 heavy (non-hydrogen) atoms. The maximum atomic E-state index is 12.9. The van der Waals surface area contributed by atoms with Gasteiger partial charge in [-0.25, -0.2) is 4.39 Å². The Morgan fingerprint density at radius 1 is 1.09 bits per heavy atom. The lowest BCUT2D eigenvalue weighted by molar-refractivity contribution is -0.144. The topological polar surface area (TPSA) is 52.3 Å². The Morgan fingerprint density at radius 2 is 1.83 bits per heavy atom. The first-order chi connectivity index (χ1) is 11.2. The van der Waals surface area contributed by atoms with Gasteiger partial charge in [-0.2, -0.15) is 0 Å². The van der Waals surface area contributed by atoms with Gasteiger partial charge in [0.05, 0.1) is 6.42 Å². The van der Waals surface area contributed by atoms with E-state index in [9.17, 15) is 9.18 Å². The Hall–Kier alpha value is -2.95. The fraction of sp³-hybridized carbons (Fsp3) is 0.111. The van der Waals surface area contributed by atoms with Crippen LogP contribution in [0.4, 0.5) is 4.39 Å². The van der Waals surface area contributed by atoms with Crippen molar-refractivity contribution < 1.29 is 18.4 Å². The van der Waals surface area contributed by atoms with Crippen LogP contribution >= 0.6 is 0 Å². The molecule has 0 spiro atoms. The lowest BCUT2D eigenvalue weighted by atomic mass is 10.1. The van der Waals surface area contributed by atoms with Crippen molar-refractivity contribution in [3.63, 3.8) is 0 Å².